The van der Waals surface area contributed by atoms with Gasteiger partial charge in [0.25, 0.3) is 0 Å². The Labute approximate surface area is 247 Å². The quantitative estimate of drug-likeness (QED) is 0.260. The Kier molecular flexibility index (Phi) is 9.40. The van der Waals surface area contributed by atoms with E-state index in [4.69, 9.17) is 10.5 Å². The first-order chi connectivity index (χ1) is 20.2. The molecule has 240 valence electrons. The number of hydrogen-bond donors (Lipinski definition) is 5. The first kappa shape index (κ1) is 31.0. The van der Waals surface area contributed by atoms with Gasteiger partial charge in [-0.1, -0.05) is 25.7 Å². The van der Waals surface area contributed by atoms with Crippen molar-refractivity contribution in [3.8, 4) is 0 Å². The van der Waals surface area contributed by atoms with Crippen molar-refractivity contribution in [2.75, 3.05) is 59.0 Å². The molecule has 0 bridgehead atoms. The fourth-order valence-corrected chi connectivity index (χ4v) is 10.1. The molecule has 6 N–H and O–H groups in total. The Bertz CT molecular complexity index is 1050. The lowest BCUT2D eigenvalue weighted by Gasteiger charge is -2.54. The third kappa shape index (κ3) is 5.97. The summed E-state index contributed by atoms with van der Waals surface area (Å²) >= 11 is 0. The minimum absolute atomic E-state index is 0.139. The average Bonchev–Trinajstić information content (AvgIpc) is 3.14. The zero-order valence-corrected chi connectivity index (χ0v) is 25.2. The number of fused-ring (bicyclic) bond motifs is 1. The Balaban J connectivity index is 1.21. The van der Waals surface area contributed by atoms with Crippen LogP contribution in [0.5, 0.6) is 0 Å². The van der Waals surface area contributed by atoms with E-state index in [9.17, 15) is 17.6 Å². The third-order valence-electron chi connectivity index (χ3n) is 10.5. The van der Waals surface area contributed by atoms with Crippen LogP contribution in [0.4, 0.5) is 8.78 Å². The van der Waals surface area contributed by atoms with Crippen LogP contribution in [0, 0.1) is 5.92 Å². The summed E-state index contributed by atoms with van der Waals surface area (Å²) in [4.78, 5) is 16.1. The SMILES string of the molecule is NC1NN2CC(F)CNC2C1C(=O)NC1C(N2CCN(S(=O)(=O)C3CCOCC3)CC2)C(F)CNC12CCCCCC2. The molecule has 6 aliphatic rings. The van der Waals surface area contributed by atoms with Gasteiger partial charge in [0.2, 0.25) is 15.9 Å². The van der Waals surface area contributed by atoms with E-state index in [1.54, 1.807) is 9.31 Å². The number of carbonyl (C=O) groups is 1. The zero-order chi connectivity index (χ0) is 29.5. The van der Waals surface area contributed by atoms with Gasteiger partial charge in [-0.25, -0.2) is 27.6 Å². The van der Waals surface area contributed by atoms with E-state index in [0.717, 1.165) is 38.5 Å². The second-order valence-electron chi connectivity index (χ2n) is 13.0. The maximum atomic E-state index is 16.1. The molecule has 42 heavy (non-hydrogen) atoms. The Morgan fingerprint density at radius 1 is 1.00 bits per heavy atom. The molecule has 7 atom stereocenters. The second kappa shape index (κ2) is 12.8. The van der Waals surface area contributed by atoms with Gasteiger partial charge in [-0.2, -0.15) is 4.31 Å². The number of nitrogens with one attached hydrogen (secondary N) is 4. The van der Waals surface area contributed by atoms with Crippen molar-refractivity contribution < 1.29 is 26.7 Å². The van der Waals surface area contributed by atoms with Crippen LogP contribution >= 0.6 is 0 Å². The number of sulfonamides is 1. The summed E-state index contributed by atoms with van der Waals surface area (Å²) < 4.78 is 63.7. The highest BCUT2D eigenvalue weighted by Gasteiger charge is 2.55. The van der Waals surface area contributed by atoms with Crippen molar-refractivity contribution in [1.29, 1.82) is 0 Å². The number of halogens is 2. The van der Waals surface area contributed by atoms with E-state index in [2.05, 4.69) is 26.3 Å². The van der Waals surface area contributed by atoms with E-state index in [-0.39, 0.29) is 25.5 Å². The van der Waals surface area contributed by atoms with Crippen LogP contribution in [0.2, 0.25) is 0 Å². The van der Waals surface area contributed by atoms with Gasteiger partial charge in [0.15, 0.2) is 0 Å². The number of nitrogens with two attached hydrogens (primary N) is 1. The molecule has 5 heterocycles. The standard InChI is InChI=1S/C27H48F2N8O4S/c28-18-15-31-25-21(24(30)34-37(25)17-18)26(38)33-23-22(20(29)16-32-27(23)7-3-1-2-4-8-27)35-9-11-36(12-10-35)42(39,40)19-5-13-41-14-6-19/h18-25,31-32,34H,1-17,30H2,(H,33,38). The number of carbonyl (C=O) groups excluding carboxylic acids is 1. The first-order valence-corrected chi connectivity index (χ1v) is 17.4. The number of alkyl halides is 2. The van der Waals surface area contributed by atoms with Crippen LogP contribution in [0.3, 0.4) is 0 Å². The second-order valence-corrected chi connectivity index (χ2v) is 15.2. The van der Waals surface area contributed by atoms with Crippen LogP contribution in [-0.2, 0) is 19.6 Å². The van der Waals surface area contributed by atoms with Crippen molar-refractivity contribution in [2.45, 2.75) is 98.9 Å². The van der Waals surface area contributed by atoms with Gasteiger partial charge in [-0.15, -0.1) is 0 Å². The Morgan fingerprint density at radius 2 is 1.69 bits per heavy atom. The van der Waals surface area contributed by atoms with Crippen molar-refractivity contribution in [3.63, 3.8) is 0 Å². The number of hydrogen-bond acceptors (Lipinski definition) is 10. The molecule has 5 saturated heterocycles. The van der Waals surface area contributed by atoms with Crippen LogP contribution in [0.1, 0.15) is 51.4 Å². The van der Waals surface area contributed by atoms with Gasteiger partial charge in [0.05, 0.1) is 35.6 Å². The van der Waals surface area contributed by atoms with Crippen molar-refractivity contribution >= 4 is 15.9 Å². The number of rotatable bonds is 5. The monoisotopic (exact) mass is 618 g/mol. The molecular formula is C27H48F2N8O4S. The van der Waals surface area contributed by atoms with E-state index in [1.165, 1.54) is 0 Å². The molecule has 6 rings (SSSR count). The predicted molar refractivity (Wildman–Crippen MR) is 153 cm³/mol. The first-order valence-electron chi connectivity index (χ1n) is 15.9. The number of hydrazine groups is 1. The molecule has 0 aromatic carbocycles. The molecule has 6 fully saturated rings. The Morgan fingerprint density at radius 3 is 2.38 bits per heavy atom. The molecule has 0 aromatic heterocycles. The fraction of sp³-hybridized carbons (Fsp3) is 0.963. The van der Waals surface area contributed by atoms with Gasteiger partial charge < -0.3 is 21.1 Å². The number of piperazine rings is 1. The van der Waals surface area contributed by atoms with E-state index < -0.39 is 63.5 Å². The molecule has 1 aliphatic carbocycles. The number of amides is 1. The van der Waals surface area contributed by atoms with Crippen LogP contribution in [0.15, 0.2) is 0 Å². The van der Waals surface area contributed by atoms with E-state index in [1.807, 2.05) is 0 Å². The fourth-order valence-electron chi connectivity index (χ4n) is 8.25. The molecule has 12 nitrogen and oxygen atoms in total. The minimum atomic E-state index is -3.46. The topological polar surface area (TPSA) is 144 Å². The molecule has 5 aliphatic heterocycles. The summed E-state index contributed by atoms with van der Waals surface area (Å²) in [5, 5.41) is 11.2. The normalized spacial score (nSPS) is 39.5. The van der Waals surface area contributed by atoms with Gasteiger partial charge >= 0.3 is 0 Å². The largest absolute Gasteiger partial charge is 0.381 e. The molecular weight excluding hydrogens is 570 g/mol. The van der Waals surface area contributed by atoms with E-state index >= 15 is 4.39 Å². The number of piperidine rings is 1. The molecule has 1 saturated carbocycles. The van der Waals surface area contributed by atoms with E-state index in [0.29, 0.717) is 52.2 Å². The average molecular weight is 619 g/mol. The Hall–Kier alpha value is -1.04. The van der Waals surface area contributed by atoms with Crippen molar-refractivity contribution in [3.05, 3.63) is 0 Å². The molecule has 0 radical (unpaired) electrons. The van der Waals surface area contributed by atoms with Gasteiger partial charge in [-0.3, -0.25) is 15.0 Å². The van der Waals surface area contributed by atoms with Crippen LogP contribution in [-0.4, -0.2) is 135 Å². The molecule has 1 amide bonds. The predicted octanol–water partition coefficient (Wildman–Crippen LogP) is -1.01. The summed E-state index contributed by atoms with van der Waals surface area (Å²) in [6.45, 7) is 2.78. The maximum absolute atomic E-state index is 16.1. The molecule has 1 spiro atoms. The lowest BCUT2D eigenvalue weighted by atomic mass is 9.74. The highest BCUT2D eigenvalue weighted by Crippen LogP contribution is 2.38. The van der Waals surface area contributed by atoms with Gasteiger partial charge in [0.1, 0.15) is 12.3 Å². The lowest BCUT2D eigenvalue weighted by molar-refractivity contribution is -0.130. The zero-order valence-electron chi connectivity index (χ0n) is 24.4. The van der Waals surface area contributed by atoms with Crippen molar-refractivity contribution in [1.82, 2.24) is 35.6 Å². The van der Waals surface area contributed by atoms with Crippen molar-refractivity contribution in [2.24, 2.45) is 11.7 Å². The summed E-state index contributed by atoms with van der Waals surface area (Å²) in [7, 11) is -3.46. The number of nitrogens with zero attached hydrogens (tertiary/aromatic N) is 3. The highest BCUT2D eigenvalue weighted by atomic mass is 32.2. The van der Waals surface area contributed by atoms with Gasteiger partial charge in [-0.05, 0) is 25.7 Å². The molecule has 7 unspecified atom stereocenters. The maximum Gasteiger partial charge on any atom is 0.229 e. The minimum Gasteiger partial charge on any atom is -0.381 e. The van der Waals surface area contributed by atoms with Crippen LogP contribution in [0.25, 0.3) is 0 Å². The summed E-state index contributed by atoms with van der Waals surface area (Å²) in [5.41, 5.74) is 8.94. The summed E-state index contributed by atoms with van der Waals surface area (Å²) in [6.07, 6.45) is 3.35. The molecule has 15 heteroatoms. The number of ether oxygens (including phenoxy) is 1. The third-order valence-corrected chi connectivity index (χ3v) is 12.9. The van der Waals surface area contributed by atoms with Gasteiger partial charge in [0, 0.05) is 64.6 Å². The molecule has 0 aromatic rings. The summed E-state index contributed by atoms with van der Waals surface area (Å²) in [6, 6.07) is -1.12. The lowest BCUT2D eigenvalue weighted by Crippen LogP contribution is -2.76. The highest BCUT2D eigenvalue weighted by molar-refractivity contribution is 7.89. The summed E-state index contributed by atoms with van der Waals surface area (Å²) in [5.74, 6) is -0.954. The van der Waals surface area contributed by atoms with Crippen LogP contribution < -0.4 is 27.1 Å². The smallest absolute Gasteiger partial charge is 0.229 e.